The summed E-state index contributed by atoms with van der Waals surface area (Å²) in [7, 11) is 0. The summed E-state index contributed by atoms with van der Waals surface area (Å²) in [6, 6.07) is 12.0. The number of halogens is 2. The highest BCUT2D eigenvalue weighted by Gasteiger charge is 2.53. The van der Waals surface area contributed by atoms with Gasteiger partial charge in [-0.1, -0.05) is 20.8 Å². The van der Waals surface area contributed by atoms with Gasteiger partial charge in [0.25, 0.3) is 0 Å². The zero-order valence-corrected chi connectivity index (χ0v) is 37.5. The van der Waals surface area contributed by atoms with E-state index in [1.165, 1.54) is 20.3 Å². The number of aliphatic hydroxyl groups is 1. The minimum absolute atomic E-state index is 0.187. The smallest absolute Gasteiger partial charge is 0.350 e. The molecule has 2 aliphatic heterocycles. The number of hydrogen-bond acceptors (Lipinski definition) is 9. The zero-order valence-electron chi connectivity index (χ0n) is 39.5. The highest BCUT2D eigenvalue weighted by atomic mass is 19.1. The number of hydrogen-bond donors (Lipinski definition) is 1. The SMILES string of the molecule is [2H]c1nc([2H])n([C@@H](C)[C@]2(c3c(F)cc(F)c(C)c3C)C[C@H](COc3ccc(N4CCN(c5ccc(-n6cnn([C@@H](C(C)(C)C)C(C)(C)O)c6=O)cc5C)CC4C)cc3C)C(C)O2)n1. The van der Waals surface area contributed by atoms with Gasteiger partial charge in [0.15, 0.2) is 0 Å². The third-order valence-corrected chi connectivity index (χ3v) is 13.0. The van der Waals surface area contributed by atoms with Gasteiger partial charge in [0, 0.05) is 54.6 Å². The summed E-state index contributed by atoms with van der Waals surface area (Å²) < 4.78 is 64.4. The second-order valence-corrected chi connectivity index (χ2v) is 18.9. The van der Waals surface area contributed by atoms with E-state index < -0.39 is 46.4 Å². The third kappa shape index (κ3) is 8.20. The predicted molar refractivity (Wildman–Crippen MR) is 234 cm³/mol. The lowest BCUT2D eigenvalue weighted by atomic mass is 9.78. The summed E-state index contributed by atoms with van der Waals surface area (Å²) in [4.78, 5) is 22.3. The van der Waals surface area contributed by atoms with E-state index in [4.69, 9.17) is 12.2 Å². The van der Waals surface area contributed by atoms with Gasteiger partial charge in [0.2, 0.25) is 0 Å². The molecule has 3 aromatic carbocycles. The Balaban J connectivity index is 1.04. The molecule has 7 rings (SSSR count). The van der Waals surface area contributed by atoms with Gasteiger partial charge < -0.3 is 24.4 Å². The van der Waals surface area contributed by atoms with Gasteiger partial charge in [-0.25, -0.2) is 32.5 Å². The largest absolute Gasteiger partial charge is 0.493 e. The average molecular weight is 843 g/mol. The topological polar surface area (TPSA) is 116 Å². The Bertz CT molecular complexity index is 2550. The highest BCUT2D eigenvalue weighted by molar-refractivity contribution is 5.60. The minimum atomic E-state index is -1.34. The molecule has 5 aromatic rings. The summed E-state index contributed by atoms with van der Waals surface area (Å²) in [5, 5.41) is 19.5. The van der Waals surface area contributed by atoms with Crippen LogP contribution in [0.25, 0.3) is 5.69 Å². The van der Waals surface area contributed by atoms with Crippen LogP contribution in [0, 0.1) is 50.7 Å². The van der Waals surface area contributed by atoms with Gasteiger partial charge in [-0.05, 0) is 133 Å². The summed E-state index contributed by atoms with van der Waals surface area (Å²) in [6.07, 6.45) is 0.872. The van der Waals surface area contributed by atoms with Crippen molar-refractivity contribution in [1.82, 2.24) is 29.1 Å². The first-order chi connectivity index (χ1) is 29.4. The van der Waals surface area contributed by atoms with Gasteiger partial charge in [0.1, 0.15) is 44.7 Å². The molecule has 0 radical (unpaired) electrons. The molecule has 6 atom stereocenters. The zero-order chi connectivity index (χ0) is 46.1. The van der Waals surface area contributed by atoms with Crippen molar-refractivity contribution in [3.05, 3.63) is 111 Å². The lowest BCUT2D eigenvalue weighted by Gasteiger charge is -2.43. The molecule has 12 nitrogen and oxygen atoms in total. The van der Waals surface area contributed by atoms with E-state index in [2.05, 4.69) is 57.0 Å². The number of rotatable bonds is 11. The van der Waals surface area contributed by atoms with E-state index in [1.54, 1.807) is 34.6 Å². The molecule has 14 heteroatoms. The van der Waals surface area contributed by atoms with Crippen LogP contribution in [0.4, 0.5) is 20.2 Å². The van der Waals surface area contributed by atoms with Gasteiger partial charge in [-0.3, -0.25) is 0 Å². The van der Waals surface area contributed by atoms with Crippen molar-refractivity contribution < 1.29 is 26.1 Å². The summed E-state index contributed by atoms with van der Waals surface area (Å²) in [5.41, 5.74) is 2.67. The quantitative estimate of drug-likeness (QED) is 0.141. The number of ether oxygens (including phenoxy) is 2. The molecule has 1 N–H and O–H groups in total. The fraction of sp³-hybridized carbons (Fsp3) is 0.532. The van der Waals surface area contributed by atoms with Crippen molar-refractivity contribution in [1.29, 1.82) is 0 Å². The van der Waals surface area contributed by atoms with Crippen LogP contribution < -0.4 is 20.2 Å². The Hall–Kier alpha value is -5.08. The number of anilines is 2. The van der Waals surface area contributed by atoms with Crippen LogP contribution in [0.1, 0.15) is 104 Å². The van der Waals surface area contributed by atoms with Crippen molar-refractivity contribution in [2.24, 2.45) is 11.3 Å². The Labute approximate surface area is 360 Å². The summed E-state index contributed by atoms with van der Waals surface area (Å²) >= 11 is 0. The molecule has 0 bridgehead atoms. The van der Waals surface area contributed by atoms with Gasteiger partial charge >= 0.3 is 5.69 Å². The van der Waals surface area contributed by atoms with E-state index >= 15 is 4.39 Å². The minimum Gasteiger partial charge on any atom is -0.493 e. The van der Waals surface area contributed by atoms with Crippen molar-refractivity contribution in [2.45, 2.75) is 125 Å². The molecule has 61 heavy (non-hydrogen) atoms. The lowest BCUT2D eigenvalue weighted by molar-refractivity contribution is -0.0787. The maximum Gasteiger partial charge on any atom is 0.350 e. The Morgan fingerprint density at radius 3 is 2.30 bits per heavy atom. The van der Waals surface area contributed by atoms with Crippen LogP contribution in [-0.2, 0) is 10.3 Å². The summed E-state index contributed by atoms with van der Waals surface area (Å²) in [6.45, 7) is 25.3. The number of aromatic nitrogens is 6. The molecule has 2 aromatic heterocycles. The van der Waals surface area contributed by atoms with Crippen molar-refractivity contribution >= 4 is 11.4 Å². The number of nitrogens with zero attached hydrogens (tertiary/aromatic N) is 8. The second-order valence-electron chi connectivity index (χ2n) is 18.9. The van der Waals surface area contributed by atoms with Crippen LogP contribution in [0.5, 0.6) is 5.75 Å². The molecule has 0 amide bonds. The van der Waals surface area contributed by atoms with Gasteiger partial charge in [-0.15, -0.1) is 0 Å². The third-order valence-electron chi connectivity index (χ3n) is 13.0. The molecule has 2 saturated heterocycles. The molecule has 2 fully saturated rings. The molecule has 0 aliphatic carbocycles. The molecule has 2 unspecified atom stereocenters. The standard InChI is InChI=1S/C47H62F2N8O4/c1-28-19-37(55-27-52-57(44(55)58)43(45(8,9)10)46(11,12)59)13-15-40(28)53-17-18-54(30(3)23-53)36-14-16-41(29(2)20-36)60-24-35-22-47(61-33(35)6,34(7)56-26-50-25-51-56)42-32(5)31(4)38(48)21-39(42)49/h13-16,19-21,25-27,30,33-35,43,59H,17-18,22-24H2,1-12H3/t30?,33?,34-,35+,43-,47-/m0/s1/i25D,26D. The molecule has 4 heterocycles. The first kappa shape index (κ1) is 41.3. The fourth-order valence-corrected chi connectivity index (χ4v) is 10.0. The molecular formula is C47H62F2N8O4. The normalized spacial score (nSPS) is 22.6. The average Bonchev–Trinajstić information content (AvgIpc) is 3.84. The Morgan fingerprint density at radius 2 is 1.67 bits per heavy atom. The monoisotopic (exact) mass is 842 g/mol. The Kier molecular flexibility index (Phi) is 11.0. The molecule has 0 spiro atoms. The highest BCUT2D eigenvalue weighted by Crippen LogP contribution is 2.52. The van der Waals surface area contributed by atoms with Crippen LogP contribution in [0.3, 0.4) is 0 Å². The molecule has 328 valence electrons. The number of benzene rings is 3. The molecule has 0 saturated carbocycles. The second kappa shape index (κ2) is 16.3. The molecule has 2 aliphatic rings. The molecular weight excluding hydrogens is 779 g/mol. The lowest BCUT2D eigenvalue weighted by Crippen LogP contribution is -2.52. The maximum atomic E-state index is 15.9. The number of piperazine rings is 1. The summed E-state index contributed by atoms with van der Waals surface area (Å²) in [5.74, 6) is -0.859. The van der Waals surface area contributed by atoms with Gasteiger partial charge in [-0.2, -0.15) is 10.2 Å². The van der Waals surface area contributed by atoms with Crippen molar-refractivity contribution in [2.75, 3.05) is 36.0 Å². The van der Waals surface area contributed by atoms with Crippen molar-refractivity contribution in [3.8, 4) is 11.4 Å². The first-order valence-electron chi connectivity index (χ1n) is 22.2. The van der Waals surface area contributed by atoms with E-state index in [0.717, 1.165) is 54.0 Å². The van der Waals surface area contributed by atoms with Crippen LogP contribution >= 0.6 is 0 Å². The maximum absolute atomic E-state index is 15.9. The van der Waals surface area contributed by atoms with Crippen LogP contribution in [-0.4, -0.2) is 78.2 Å². The van der Waals surface area contributed by atoms with Crippen LogP contribution in [0.2, 0.25) is 0 Å². The van der Waals surface area contributed by atoms with E-state index in [1.807, 2.05) is 52.8 Å². The van der Waals surface area contributed by atoms with E-state index in [-0.39, 0.29) is 42.4 Å². The number of aryl methyl sites for hydroxylation is 2. The van der Waals surface area contributed by atoms with Crippen molar-refractivity contribution in [3.63, 3.8) is 0 Å². The van der Waals surface area contributed by atoms with Gasteiger partial charge in [0.05, 0.1) is 36.1 Å². The first-order valence-corrected chi connectivity index (χ1v) is 21.2. The fourth-order valence-electron chi connectivity index (χ4n) is 10.0. The predicted octanol–water partition coefficient (Wildman–Crippen LogP) is 8.17. The van der Waals surface area contributed by atoms with E-state index in [0.29, 0.717) is 23.2 Å². The van der Waals surface area contributed by atoms with Crippen LogP contribution in [0.15, 0.2) is 66.2 Å². The Morgan fingerprint density at radius 1 is 0.967 bits per heavy atom. The van der Waals surface area contributed by atoms with E-state index in [9.17, 15) is 14.3 Å².